The van der Waals surface area contributed by atoms with Crippen molar-refractivity contribution in [3.8, 4) is 0 Å². The van der Waals surface area contributed by atoms with Crippen LogP contribution >= 0.6 is 0 Å². The van der Waals surface area contributed by atoms with Gasteiger partial charge in [-0.3, -0.25) is 0 Å². The quantitative estimate of drug-likeness (QED) is 0.0689. The summed E-state index contributed by atoms with van der Waals surface area (Å²) in [5, 5.41) is 0. The molecule has 0 radical (unpaired) electrons. The fourth-order valence-corrected chi connectivity index (χ4v) is 4.83. The van der Waals surface area contributed by atoms with Crippen LogP contribution in [0.5, 0.6) is 0 Å². The first-order valence-electron chi connectivity index (χ1n) is 17.2. The van der Waals surface area contributed by atoms with E-state index in [1.54, 1.807) is 0 Å². The second-order valence-electron chi connectivity index (χ2n) is 11.5. The predicted octanol–water partition coefficient (Wildman–Crippen LogP) is 13.2. The number of allylic oxidation sites excluding steroid dienone is 2. The number of unbranched alkanes of at least 4 members (excludes halogenated alkanes) is 9. The minimum atomic E-state index is 0. The molecule has 2 nitrogen and oxygen atoms in total. The Morgan fingerprint density at radius 3 is 1.70 bits per heavy atom. The van der Waals surface area contributed by atoms with Gasteiger partial charge in [0, 0.05) is 22.8 Å². The standard InChI is InChI=1S/C32H44N2.2C4H9.Pd/c1-4-7-10-11-12-13-16-26-20-22-28(23-21-26)32-30(18-9-6-3)25-31(34(32)33)29-19-14-17-27(24-29)15-8-5-2;2*1-3-4-2;/h14,17,19-25H,4-13,15-16,18H2,1-3H3;2*1,3-4H2,2H3;/q;2*-1;+2. The van der Waals surface area contributed by atoms with Gasteiger partial charge in [-0.05, 0) is 73.9 Å². The molecule has 0 fully saturated rings. The minimum Gasteiger partial charge on any atom is -0.493 e. The van der Waals surface area contributed by atoms with Gasteiger partial charge in [0.15, 0.2) is 0 Å². The third-order valence-electron chi connectivity index (χ3n) is 7.65. The van der Waals surface area contributed by atoms with E-state index in [4.69, 9.17) is 0 Å². The summed E-state index contributed by atoms with van der Waals surface area (Å²) < 4.78 is 1.44. The van der Waals surface area contributed by atoms with E-state index < -0.39 is 0 Å². The molecular weight excluding hydrogens is 615 g/mol. The van der Waals surface area contributed by atoms with Gasteiger partial charge in [-0.15, -0.1) is 0 Å². The molecule has 0 saturated heterocycles. The first-order valence-corrected chi connectivity index (χ1v) is 17.2. The van der Waals surface area contributed by atoms with Crippen LogP contribution in [0.3, 0.4) is 0 Å². The average Bonchev–Trinajstić information content (AvgIpc) is 3.36. The Balaban J connectivity index is 0.00000174. The first kappa shape index (κ1) is 41.2. The van der Waals surface area contributed by atoms with E-state index in [0.717, 1.165) is 67.5 Å². The molecule has 2 aromatic rings. The molecule has 3 heteroatoms. The van der Waals surface area contributed by atoms with Gasteiger partial charge in [-0.1, -0.05) is 117 Å². The molecule has 0 spiro atoms. The van der Waals surface area contributed by atoms with Gasteiger partial charge in [0.1, 0.15) is 0 Å². The average molecular weight is 677 g/mol. The molecular formula is C40H62N2Pd. The monoisotopic (exact) mass is 676 g/mol. The Morgan fingerprint density at radius 1 is 0.581 bits per heavy atom. The number of hydrogen-bond donors (Lipinski definition) is 0. The van der Waals surface area contributed by atoms with E-state index in [1.165, 1.54) is 85.6 Å². The fourth-order valence-electron chi connectivity index (χ4n) is 4.83. The van der Waals surface area contributed by atoms with Crippen LogP contribution in [0.1, 0.15) is 153 Å². The zero-order valence-corrected chi connectivity index (χ0v) is 29.9. The Bertz CT molecular complexity index is 1040. The molecule has 2 aromatic carbocycles. The van der Waals surface area contributed by atoms with Crippen LogP contribution in [-0.2, 0) is 33.3 Å². The van der Waals surface area contributed by atoms with Crippen LogP contribution in [0, 0.1) is 13.8 Å². The number of aryl methyl sites for hydroxylation is 2. The summed E-state index contributed by atoms with van der Waals surface area (Å²) >= 11 is 0. The maximum atomic E-state index is 11.3. The number of rotatable bonds is 17. The van der Waals surface area contributed by atoms with Crippen LogP contribution in [0.2, 0.25) is 0 Å². The minimum absolute atomic E-state index is 0. The van der Waals surface area contributed by atoms with E-state index >= 15 is 0 Å². The maximum absolute atomic E-state index is 11.3. The molecule has 0 amide bonds. The number of hydrogen-bond acceptors (Lipinski definition) is 0. The van der Waals surface area contributed by atoms with Crippen molar-refractivity contribution < 1.29 is 25.1 Å². The van der Waals surface area contributed by atoms with Crippen molar-refractivity contribution in [3.05, 3.63) is 102 Å². The summed E-state index contributed by atoms with van der Waals surface area (Å²) in [6.45, 7) is 18.2. The SMILES string of the molecule is CCCCCCCCc1ccc(C2=C(CCCC)C=C(c3cccc(CCCC)c3)[N+]2=[N-])cc1.[CH2-]CCC.[CH2-]CCC.[Pd+2]. The Morgan fingerprint density at radius 2 is 1.12 bits per heavy atom. The summed E-state index contributed by atoms with van der Waals surface area (Å²) in [6.07, 6.45) is 22.6. The Hall–Kier alpha value is -1.82. The predicted molar refractivity (Wildman–Crippen MR) is 187 cm³/mol. The molecule has 1 aliphatic heterocycles. The molecule has 0 bridgehead atoms. The van der Waals surface area contributed by atoms with Crippen LogP contribution in [0.4, 0.5) is 0 Å². The maximum Gasteiger partial charge on any atom is 2.00 e. The molecule has 0 aromatic heterocycles. The molecule has 1 heterocycles. The summed E-state index contributed by atoms with van der Waals surface area (Å²) in [6, 6.07) is 17.6. The zero-order valence-electron chi connectivity index (χ0n) is 28.3. The molecule has 0 atom stereocenters. The van der Waals surface area contributed by atoms with Gasteiger partial charge in [-0.25, -0.2) is 4.70 Å². The first-order chi connectivity index (χ1) is 20.5. The number of nitrogens with zero attached hydrogens (tertiary/aromatic N) is 2. The van der Waals surface area contributed by atoms with Crippen molar-refractivity contribution in [2.75, 3.05) is 0 Å². The van der Waals surface area contributed by atoms with Crippen LogP contribution < -0.4 is 0 Å². The molecule has 0 aliphatic carbocycles. The van der Waals surface area contributed by atoms with Gasteiger partial charge in [0.2, 0.25) is 11.4 Å². The topological polar surface area (TPSA) is 25.3 Å². The zero-order chi connectivity index (χ0) is 31.0. The van der Waals surface area contributed by atoms with Crippen LogP contribution in [0.15, 0.2) is 60.2 Å². The second kappa shape index (κ2) is 26.6. The Kier molecular flexibility index (Phi) is 25.4. The van der Waals surface area contributed by atoms with E-state index in [0.29, 0.717) is 0 Å². The molecule has 43 heavy (non-hydrogen) atoms. The van der Waals surface area contributed by atoms with Crippen LogP contribution in [0.25, 0.3) is 16.9 Å². The van der Waals surface area contributed by atoms with E-state index in [1.807, 2.05) is 0 Å². The smallest absolute Gasteiger partial charge is 0.493 e. The summed E-state index contributed by atoms with van der Waals surface area (Å²) in [5.41, 5.74) is 19.3. The van der Waals surface area contributed by atoms with Crippen molar-refractivity contribution >= 4 is 11.4 Å². The van der Waals surface area contributed by atoms with Gasteiger partial charge in [-0.2, -0.15) is 12.8 Å². The second-order valence-corrected chi connectivity index (χ2v) is 11.5. The normalized spacial score (nSPS) is 12.2. The van der Waals surface area contributed by atoms with E-state index in [-0.39, 0.29) is 20.4 Å². The van der Waals surface area contributed by atoms with Gasteiger partial charge >= 0.3 is 20.4 Å². The molecule has 1 aliphatic rings. The third-order valence-corrected chi connectivity index (χ3v) is 7.65. The summed E-state index contributed by atoms with van der Waals surface area (Å²) in [4.78, 5) is 0. The van der Waals surface area contributed by atoms with Crippen molar-refractivity contribution in [1.29, 1.82) is 0 Å². The van der Waals surface area contributed by atoms with Gasteiger partial charge in [0.05, 0.1) is 0 Å². The van der Waals surface area contributed by atoms with Crippen molar-refractivity contribution in [2.45, 2.75) is 144 Å². The van der Waals surface area contributed by atoms with Crippen molar-refractivity contribution in [3.63, 3.8) is 0 Å². The van der Waals surface area contributed by atoms with E-state index in [9.17, 15) is 5.53 Å². The summed E-state index contributed by atoms with van der Waals surface area (Å²) in [7, 11) is 0. The largest absolute Gasteiger partial charge is 2.00 e. The van der Waals surface area contributed by atoms with Gasteiger partial charge in [0.25, 0.3) is 0 Å². The third kappa shape index (κ3) is 16.2. The molecule has 0 saturated carbocycles. The Labute approximate surface area is 281 Å². The molecule has 242 valence electrons. The van der Waals surface area contributed by atoms with Crippen molar-refractivity contribution in [2.24, 2.45) is 0 Å². The molecule has 0 N–H and O–H groups in total. The van der Waals surface area contributed by atoms with Crippen LogP contribution in [-0.4, -0.2) is 4.70 Å². The molecule has 3 rings (SSSR count). The number of benzene rings is 2. The molecule has 0 unspecified atom stereocenters. The fraction of sp³-hybridized carbons (Fsp3) is 0.550. The summed E-state index contributed by atoms with van der Waals surface area (Å²) in [5.74, 6) is 0. The van der Waals surface area contributed by atoms with Crippen molar-refractivity contribution in [1.82, 2.24) is 0 Å². The van der Waals surface area contributed by atoms with E-state index in [2.05, 4.69) is 103 Å². The van der Waals surface area contributed by atoms with Gasteiger partial charge < -0.3 is 19.4 Å².